The fourth-order valence-electron chi connectivity index (χ4n) is 2.97. The van der Waals surface area contributed by atoms with Crippen LogP contribution in [0.3, 0.4) is 0 Å². The number of nitrogens with zero attached hydrogens (tertiary/aromatic N) is 3. The number of hydrogen-bond donors (Lipinski definition) is 1. The monoisotopic (exact) mass is 277 g/mol. The Balaban J connectivity index is 1.95. The summed E-state index contributed by atoms with van der Waals surface area (Å²) < 4.78 is 0. The Labute approximate surface area is 120 Å². The molecule has 5 heteroatoms. The van der Waals surface area contributed by atoms with Crippen molar-refractivity contribution in [1.29, 1.82) is 0 Å². The molecule has 0 saturated carbocycles. The number of aromatic nitrogens is 1. The van der Waals surface area contributed by atoms with E-state index < -0.39 is 0 Å². The SMILES string of the molecule is C[C@@H]1[C@H](N(C)CCO)CCN1C(=O)Cc1cccnc1. The molecule has 110 valence electrons. The maximum atomic E-state index is 12.4. The zero-order chi connectivity index (χ0) is 14.5. The van der Waals surface area contributed by atoms with Crippen molar-refractivity contribution in [1.82, 2.24) is 14.8 Å². The van der Waals surface area contributed by atoms with Gasteiger partial charge >= 0.3 is 0 Å². The van der Waals surface area contributed by atoms with Crippen LogP contribution in [0.25, 0.3) is 0 Å². The van der Waals surface area contributed by atoms with Crippen LogP contribution in [-0.4, -0.2) is 64.6 Å². The van der Waals surface area contributed by atoms with Gasteiger partial charge in [0.05, 0.1) is 13.0 Å². The molecule has 0 spiro atoms. The van der Waals surface area contributed by atoms with E-state index in [1.165, 1.54) is 0 Å². The largest absolute Gasteiger partial charge is 0.395 e. The normalized spacial score (nSPS) is 22.5. The Hall–Kier alpha value is -1.46. The first kappa shape index (κ1) is 14.9. The van der Waals surface area contributed by atoms with Crippen LogP contribution in [0.1, 0.15) is 18.9 Å². The lowest BCUT2D eigenvalue weighted by Crippen LogP contribution is -2.45. The molecule has 5 nitrogen and oxygen atoms in total. The van der Waals surface area contributed by atoms with Crippen molar-refractivity contribution in [2.75, 3.05) is 26.7 Å². The molecule has 1 N–H and O–H groups in total. The number of likely N-dealkylation sites (N-methyl/N-ethyl adjacent to an activating group) is 1. The minimum Gasteiger partial charge on any atom is -0.395 e. The van der Waals surface area contributed by atoms with Crippen molar-refractivity contribution in [3.8, 4) is 0 Å². The highest BCUT2D eigenvalue weighted by Gasteiger charge is 2.35. The van der Waals surface area contributed by atoms with Crippen molar-refractivity contribution < 1.29 is 9.90 Å². The van der Waals surface area contributed by atoms with Crippen LogP contribution in [-0.2, 0) is 11.2 Å². The molecule has 0 aliphatic carbocycles. The van der Waals surface area contributed by atoms with Gasteiger partial charge in [0, 0.05) is 37.6 Å². The van der Waals surface area contributed by atoms with E-state index in [4.69, 9.17) is 5.11 Å². The minimum absolute atomic E-state index is 0.156. The number of rotatable bonds is 5. The number of hydrogen-bond acceptors (Lipinski definition) is 4. The summed E-state index contributed by atoms with van der Waals surface area (Å²) in [5.74, 6) is 0.158. The van der Waals surface area contributed by atoms with Crippen LogP contribution in [0.4, 0.5) is 0 Å². The summed E-state index contributed by atoms with van der Waals surface area (Å²) in [6.45, 7) is 3.69. The molecule has 2 rings (SSSR count). The first-order valence-corrected chi connectivity index (χ1v) is 7.13. The average molecular weight is 277 g/mol. The van der Waals surface area contributed by atoms with Gasteiger partial charge in [-0.15, -0.1) is 0 Å². The summed E-state index contributed by atoms with van der Waals surface area (Å²) >= 11 is 0. The van der Waals surface area contributed by atoms with E-state index in [-0.39, 0.29) is 18.6 Å². The molecule has 1 saturated heterocycles. The van der Waals surface area contributed by atoms with Gasteiger partial charge < -0.3 is 10.0 Å². The van der Waals surface area contributed by atoms with Crippen LogP contribution in [0.15, 0.2) is 24.5 Å². The summed E-state index contributed by atoms with van der Waals surface area (Å²) in [6, 6.07) is 4.31. The Bertz CT molecular complexity index is 438. The maximum Gasteiger partial charge on any atom is 0.227 e. The number of amides is 1. The molecule has 2 heterocycles. The lowest BCUT2D eigenvalue weighted by Gasteiger charge is -2.30. The molecule has 0 unspecified atom stereocenters. The third-order valence-electron chi connectivity index (χ3n) is 4.13. The predicted molar refractivity (Wildman–Crippen MR) is 77.2 cm³/mol. The van der Waals surface area contributed by atoms with Crippen LogP contribution < -0.4 is 0 Å². The molecule has 1 fully saturated rings. The van der Waals surface area contributed by atoms with Crippen LogP contribution >= 0.6 is 0 Å². The zero-order valence-corrected chi connectivity index (χ0v) is 12.2. The standard InChI is InChI=1S/C15H23N3O2/c1-12-14(17(2)8-9-19)5-7-18(12)15(20)10-13-4-3-6-16-11-13/h3-4,6,11-12,14,19H,5,7-10H2,1-2H3/t12-,14-/m1/s1. The van der Waals surface area contributed by atoms with E-state index in [0.717, 1.165) is 18.5 Å². The van der Waals surface area contributed by atoms with Crippen LogP contribution in [0.2, 0.25) is 0 Å². The number of aliphatic hydroxyl groups excluding tert-OH is 1. The van der Waals surface area contributed by atoms with E-state index in [9.17, 15) is 4.79 Å². The fraction of sp³-hybridized carbons (Fsp3) is 0.600. The summed E-state index contributed by atoms with van der Waals surface area (Å²) in [4.78, 5) is 20.5. The molecule has 1 aliphatic rings. The van der Waals surface area contributed by atoms with E-state index in [1.54, 1.807) is 12.4 Å². The van der Waals surface area contributed by atoms with E-state index >= 15 is 0 Å². The van der Waals surface area contributed by atoms with Crippen molar-refractivity contribution in [2.45, 2.75) is 31.8 Å². The Morgan fingerprint density at radius 1 is 1.60 bits per heavy atom. The highest BCUT2D eigenvalue weighted by Crippen LogP contribution is 2.22. The Kier molecular flexibility index (Phi) is 5.09. The van der Waals surface area contributed by atoms with Gasteiger partial charge in [0.15, 0.2) is 0 Å². The zero-order valence-electron chi connectivity index (χ0n) is 12.2. The third kappa shape index (κ3) is 3.35. The van der Waals surface area contributed by atoms with Gasteiger partial charge in [-0.25, -0.2) is 0 Å². The van der Waals surface area contributed by atoms with E-state index in [1.807, 2.05) is 24.1 Å². The molecular weight excluding hydrogens is 254 g/mol. The highest BCUT2D eigenvalue weighted by atomic mass is 16.3. The molecule has 0 aromatic carbocycles. The third-order valence-corrected chi connectivity index (χ3v) is 4.13. The topological polar surface area (TPSA) is 56.7 Å². The molecule has 0 bridgehead atoms. The second kappa shape index (κ2) is 6.81. The maximum absolute atomic E-state index is 12.4. The first-order valence-electron chi connectivity index (χ1n) is 7.13. The number of aliphatic hydroxyl groups is 1. The van der Waals surface area contributed by atoms with Crippen molar-refractivity contribution >= 4 is 5.91 Å². The van der Waals surface area contributed by atoms with Gasteiger partial charge in [-0.05, 0) is 32.0 Å². The highest BCUT2D eigenvalue weighted by molar-refractivity contribution is 5.79. The summed E-state index contributed by atoms with van der Waals surface area (Å²) in [6.07, 6.45) is 4.84. The summed E-state index contributed by atoms with van der Waals surface area (Å²) in [7, 11) is 2.01. The van der Waals surface area contributed by atoms with Crippen molar-refractivity contribution in [2.24, 2.45) is 0 Å². The number of pyridine rings is 1. The number of likely N-dealkylation sites (tertiary alicyclic amines) is 1. The lowest BCUT2D eigenvalue weighted by atomic mass is 10.1. The second-order valence-electron chi connectivity index (χ2n) is 5.43. The predicted octanol–water partition coefficient (Wildman–Crippen LogP) is 0.538. The van der Waals surface area contributed by atoms with Crippen LogP contribution in [0, 0.1) is 0 Å². The van der Waals surface area contributed by atoms with Gasteiger partial charge in [0.2, 0.25) is 5.91 Å². The molecule has 1 aromatic rings. The first-order chi connectivity index (χ1) is 9.63. The fourth-order valence-corrected chi connectivity index (χ4v) is 2.97. The molecule has 1 aliphatic heterocycles. The van der Waals surface area contributed by atoms with Gasteiger partial charge in [-0.1, -0.05) is 6.07 Å². The average Bonchev–Trinajstić information content (AvgIpc) is 2.82. The lowest BCUT2D eigenvalue weighted by molar-refractivity contribution is -0.131. The van der Waals surface area contributed by atoms with Crippen LogP contribution in [0.5, 0.6) is 0 Å². The quantitative estimate of drug-likeness (QED) is 0.853. The molecule has 20 heavy (non-hydrogen) atoms. The molecular formula is C15H23N3O2. The minimum atomic E-state index is 0.156. The van der Waals surface area contributed by atoms with E-state index in [2.05, 4.69) is 16.8 Å². The number of carbonyl (C=O) groups excluding carboxylic acids is 1. The molecule has 1 amide bonds. The van der Waals surface area contributed by atoms with Gasteiger partial charge in [-0.2, -0.15) is 0 Å². The van der Waals surface area contributed by atoms with Crippen molar-refractivity contribution in [3.63, 3.8) is 0 Å². The molecule has 1 aromatic heterocycles. The van der Waals surface area contributed by atoms with E-state index in [0.29, 0.717) is 19.0 Å². The Morgan fingerprint density at radius 3 is 3.05 bits per heavy atom. The second-order valence-corrected chi connectivity index (χ2v) is 5.43. The van der Waals surface area contributed by atoms with Crippen molar-refractivity contribution in [3.05, 3.63) is 30.1 Å². The Morgan fingerprint density at radius 2 is 2.40 bits per heavy atom. The molecule has 2 atom stereocenters. The smallest absolute Gasteiger partial charge is 0.227 e. The summed E-state index contributed by atoms with van der Waals surface area (Å²) in [5.41, 5.74) is 0.955. The van der Waals surface area contributed by atoms with Gasteiger partial charge in [0.25, 0.3) is 0 Å². The van der Waals surface area contributed by atoms with Gasteiger partial charge in [0.1, 0.15) is 0 Å². The number of carbonyl (C=O) groups is 1. The summed E-state index contributed by atoms with van der Waals surface area (Å²) in [5, 5.41) is 9.02. The molecule has 0 radical (unpaired) electrons. The van der Waals surface area contributed by atoms with Gasteiger partial charge in [-0.3, -0.25) is 14.7 Å².